The van der Waals surface area contributed by atoms with Crippen LogP contribution in [0.4, 0.5) is 16.2 Å². The maximum atomic E-state index is 12.7. The van der Waals surface area contributed by atoms with Crippen molar-refractivity contribution in [2.75, 3.05) is 16.8 Å². The van der Waals surface area contributed by atoms with Crippen LogP contribution in [0.1, 0.15) is 18.9 Å². The van der Waals surface area contributed by atoms with E-state index in [0.717, 1.165) is 33.6 Å². The molecule has 23 heavy (non-hydrogen) atoms. The van der Waals surface area contributed by atoms with Gasteiger partial charge in [0.2, 0.25) is 0 Å². The first-order valence-corrected chi connectivity index (χ1v) is 8.48. The van der Waals surface area contributed by atoms with Crippen LogP contribution in [0, 0.1) is 6.92 Å². The van der Waals surface area contributed by atoms with Gasteiger partial charge in [0, 0.05) is 10.2 Å². The summed E-state index contributed by atoms with van der Waals surface area (Å²) in [4.78, 5) is 14.5. The number of aryl methyl sites for hydroxylation is 1. The Bertz CT molecular complexity index is 733. The van der Waals surface area contributed by atoms with Gasteiger partial charge in [0.1, 0.15) is 11.9 Å². The molecule has 1 unspecified atom stereocenters. The fraction of sp³-hybridized carbons (Fsp3) is 0.278. The van der Waals surface area contributed by atoms with Gasteiger partial charge in [-0.15, -0.1) is 0 Å². The van der Waals surface area contributed by atoms with E-state index in [1.165, 1.54) is 0 Å². The standard InChI is InChI=1S/C18H19BrN2O2/c1-3-14-11-21(16-6-4-5-7-17(16)23-14)18(22)20-13-8-9-15(19)12(2)10-13/h4-10,14H,3,11H2,1-2H3,(H,20,22). The Morgan fingerprint density at radius 2 is 2.13 bits per heavy atom. The number of amides is 2. The molecule has 2 aromatic rings. The minimum atomic E-state index is -0.138. The summed E-state index contributed by atoms with van der Waals surface area (Å²) >= 11 is 3.47. The number of fused-ring (bicyclic) bond motifs is 1. The lowest BCUT2D eigenvalue weighted by Gasteiger charge is -2.34. The predicted molar refractivity (Wildman–Crippen MR) is 96.4 cm³/mol. The van der Waals surface area contributed by atoms with E-state index >= 15 is 0 Å². The number of urea groups is 1. The van der Waals surface area contributed by atoms with E-state index in [2.05, 4.69) is 28.2 Å². The molecule has 1 heterocycles. The second-order valence-electron chi connectivity index (χ2n) is 5.62. The Morgan fingerprint density at radius 1 is 1.35 bits per heavy atom. The second kappa shape index (κ2) is 6.62. The molecule has 4 nitrogen and oxygen atoms in total. The van der Waals surface area contributed by atoms with Gasteiger partial charge in [-0.25, -0.2) is 4.79 Å². The number of ether oxygens (including phenoxy) is 1. The number of anilines is 2. The first-order chi connectivity index (χ1) is 11.1. The molecule has 0 fully saturated rings. The second-order valence-corrected chi connectivity index (χ2v) is 6.47. The van der Waals surface area contributed by atoms with Gasteiger partial charge in [0.25, 0.3) is 0 Å². The van der Waals surface area contributed by atoms with Crippen LogP contribution < -0.4 is 15.0 Å². The Morgan fingerprint density at radius 3 is 2.87 bits per heavy atom. The maximum Gasteiger partial charge on any atom is 0.326 e. The fourth-order valence-electron chi connectivity index (χ4n) is 2.62. The molecule has 0 spiro atoms. The van der Waals surface area contributed by atoms with Crippen molar-refractivity contribution >= 4 is 33.3 Å². The molecule has 0 bridgehead atoms. The van der Waals surface area contributed by atoms with E-state index in [9.17, 15) is 4.79 Å². The highest BCUT2D eigenvalue weighted by molar-refractivity contribution is 9.10. The summed E-state index contributed by atoms with van der Waals surface area (Å²) in [5.41, 5.74) is 2.67. The Balaban J connectivity index is 1.84. The number of para-hydroxylation sites is 2. The van der Waals surface area contributed by atoms with Crippen LogP contribution in [0.5, 0.6) is 5.75 Å². The molecule has 2 amide bonds. The van der Waals surface area contributed by atoms with Gasteiger partial charge in [0.05, 0.1) is 12.2 Å². The lowest BCUT2D eigenvalue weighted by molar-refractivity contribution is 0.188. The number of rotatable bonds is 2. The summed E-state index contributed by atoms with van der Waals surface area (Å²) in [6, 6.07) is 13.3. The molecule has 2 aromatic carbocycles. The number of carbonyl (C=O) groups is 1. The van der Waals surface area contributed by atoms with Crippen molar-refractivity contribution in [2.45, 2.75) is 26.4 Å². The topological polar surface area (TPSA) is 41.6 Å². The van der Waals surface area contributed by atoms with Crippen molar-refractivity contribution in [3.8, 4) is 5.75 Å². The van der Waals surface area contributed by atoms with E-state index in [1.54, 1.807) is 4.90 Å². The van der Waals surface area contributed by atoms with Crippen molar-refractivity contribution in [3.63, 3.8) is 0 Å². The lowest BCUT2D eigenvalue weighted by atomic mass is 10.1. The van der Waals surface area contributed by atoms with Crippen molar-refractivity contribution in [2.24, 2.45) is 0 Å². The quantitative estimate of drug-likeness (QED) is 0.806. The highest BCUT2D eigenvalue weighted by Gasteiger charge is 2.28. The zero-order valence-electron chi connectivity index (χ0n) is 13.2. The van der Waals surface area contributed by atoms with Gasteiger partial charge in [-0.05, 0) is 49.2 Å². The predicted octanol–water partition coefficient (Wildman–Crippen LogP) is 4.97. The van der Waals surface area contributed by atoms with E-state index < -0.39 is 0 Å². The lowest BCUT2D eigenvalue weighted by Crippen LogP contribution is -2.45. The third-order valence-corrected chi connectivity index (χ3v) is 4.84. The summed E-state index contributed by atoms with van der Waals surface area (Å²) in [5.74, 6) is 0.757. The molecular formula is C18H19BrN2O2. The van der Waals surface area contributed by atoms with Crippen LogP contribution in [-0.4, -0.2) is 18.7 Å². The first-order valence-electron chi connectivity index (χ1n) is 7.69. The SMILES string of the molecule is CCC1CN(C(=O)Nc2ccc(Br)c(C)c2)c2ccccc2O1. The molecule has 5 heteroatoms. The minimum absolute atomic E-state index is 0.0160. The molecule has 1 aliphatic rings. The van der Waals surface area contributed by atoms with E-state index in [-0.39, 0.29) is 12.1 Å². The molecule has 1 atom stereocenters. The highest BCUT2D eigenvalue weighted by Crippen LogP contribution is 2.34. The third kappa shape index (κ3) is 3.34. The van der Waals surface area contributed by atoms with Crippen LogP contribution in [0.2, 0.25) is 0 Å². The van der Waals surface area contributed by atoms with Crippen molar-refractivity contribution < 1.29 is 9.53 Å². The average molecular weight is 375 g/mol. The number of benzene rings is 2. The zero-order chi connectivity index (χ0) is 16.4. The molecule has 0 saturated carbocycles. The largest absolute Gasteiger partial charge is 0.486 e. The average Bonchev–Trinajstić information content (AvgIpc) is 2.57. The molecule has 1 N–H and O–H groups in total. The highest BCUT2D eigenvalue weighted by atomic mass is 79.9. The van der Waals surface area contributed by atoms with Gasteiger partial charge in [-0.2, -0.15) is 0 Å². The Kier molecular flexibility index (Phi) is 4.57. The zero-order valence-corrected chi connectivity index (χ0v) is 14.8. The number of hydrogen-bond acceptors (Lipinski definition) is 2. The molecule has 120 valence electrons. The van der Waals surface area contributed by atoms with E-state index in [1.807, 2.05) is 49.4 Å². The summed E-state index contributed by atoms with van der Waals surface area (Å²) in [6.07, 6.45) is 0.873. The molecule has 0 aliphatic carbocycles. The Hall–Kier alpha value is -2.01. The van der Waals surface area contributed by atoms with E-state index in [0.29, 0.717) is 6.54 Å². The number of nitrogens with zero attached hydrogens (tertiary/aromatic N) is 1. The monoisotopic (exact) mass is 374 g/mol. The molecule has 0 saturated heterocycles. The van der Waals surface area contributed by atoms with Gasteiger partial charge >= 0.3 is 6.03 Å². The number of nitrogens with one attached hydrogen (secondary N) is 1. The van der Waals surface area contributed by atoms with Crippen LogP contribution in [0.25, 0.3) is 0 Å². The number of halogens is 1. The smallest absolute Gasteiger partial charge is 0.326 e. The molecule has 0 radical (unpaired) electrons. The molecule has 1 aliphatic heterocycles. The maximum absolute atomic E-state index is 12.7. The van der Waals surface area contributed by atoms with Crippen LogP contribution in [0.15, 0.2) is 46.9 Å². The van der Waals surface area contributed by atoms with Crippen molar-refractivity contribution in [3.05, 3.63) is 52.5 Å². The van der Waals surface area contributed by atoms with Crippen LogP contribution in [-0.2, 0) is 0 Å². The van der Waals surface area contributed by atoms with Crippen LogP contribution in [0.3, 0.4) is 0 Å². The first kappa shape index (κ1) is 15.9. The third-order valence-electron chi connectivity index (χ3n) is 3.95. The summed E-state index contributed by atoms with van der Waals surface area (Å²) < 4.78 is 6.94. The molecular weight excluding hydrogens is 356 g/mol. The van der Waals surface area contributed by atoms with Gasteiger partial charge in [-0.1, -0.05) is 35.0 Å². The fourth-order valence-corrected chi connectivity index (χ4v) is 2.86. The number of hydrogen-bond donors (Lipinski definition) is 1. The summed E-state index contributed by atoms with van der Waals surface area (Å²) in [7, 11) is 0. The number of carbonyl (C=O) groups excluding carboxylic acids is 1. The van der Waals surface area contributed by atoms with Gasteiger partial charge < -0.3 is 10.1 Å². The molecule has 0 aromatic heterocycles. The van der Waals surface area contributed by atoms with Gasteiger partial charge in [-0.3, -0.25) is 4.90 Å². The molecule has 3 rings (SSSR count). The van der Waals surface area contributed by atoms with Gasteiger partial charge in [0.15, 0.2) is 0 Å². The van der Waals surface area contributed by atoms with Crippen molar-refractivity contribution in [1.82, 2.24) is 0 Å². The minimum Gasteiger partial charge on any atom is -0.486 e. The van der Waals surface area contributed by atoms with Crippen molar-refractivity contribution in [1.29, 1.82) is 0 Å². The van der Waals surface area contributed by atoms with Crippen LogP contribution >= 0.6 is 15.9 Å². The Labute approximate surface area is 144 Å². The summed E-state index contributed by atoms with van der Waals surface area (Å²) in [6.45, 7) is 4.61. The summed E-state index contributed by atoms with van der Waals surface area (Å²) in [5, 5.41) is 2.98. The van der Waals surface area contributed by atoms with E-state index in [4.69, 9.17) is 4.74 Å². The normalized spacial score (nSPS) is 16.5.